The first-order valence-corrected chi connectivity index (χ1v) is 5.28. The van der Waals surface area contributed by atoms with Crippen molar-refractivity contribution < 1.29 is 9.90 Å². The van der Waals surface area contributed by atoms with E-state index in [1.807, 2.05) is 6.92 Å². The molecule has 0 aliphatic carbocycles. The van der Waals surface area contributed by atoms with Crippen molar-refractivity contribution in [1.82, 2.24) is 0 Å². The van der Waals surface area contributed by atoms with E-state index in [0.717, 1.165) is 5.56 Å². The number of phenolic OH excluding ortho intramolecular Hbond substituents is 1. The summed E-state index contributed by atoms with van der Waals surface area (Å²) in [7, 11) is 0. The molecule has 0 fully saturated rings. The second-order valence-corrected chi connectivity index (χ2v) is 3.98. The Labute approximate surface area is 99.5 Å². The molecule has 0 aliphatic heterocycles. The number of aromatic hydroxyl groups is 1. The molecule has 17 heavy (non-hydrogen) atoms. The van der Waals surface area contributed by atoms with Crippen molar-refractivity contribution in [3.05, 3.63) is 59.2 Å². The van der Waals surface area contributed by atoms with Crippen molar-refractivity contribution >= 4 is 11.5 Å². The van der Waals surface area contributed by atoms with Crippen molar-refractivity contribution in [3.63, 3.8) is 0 Å². The molecule has 0 saturated carbocycles. The number of hydrogen-bond donors (Lipinski definition) is 2. The molecule has 0 atom stereocenters. The fraction of sp³-hybridized carbons (Fsp3) is 0.0714. The Hall–Kier alpha value is -2.29. The van der Waals surface area contributed by atoms with Gasteiger partial charge in [0.1, 0.15) is 5.75 Å². The van der Waals surface area contributed by atoms with Gasteiger partial charge in [-0.2, -0.15) is 0 Å². The normalized spacial score (nSPS) is 10.2. The molecule has 86 valence electrons. The summed E-state index contributed by atoms with van der Waals surface area (Å²) in [5.74, 6) is -0.235. The van der Waals surface area contributed by atoms with Crippen LogP contribution in [0, 0.1) is 6.92 Å². The zero-order valence-corrected chi connectivity index (χ0v) is 9.47. The van der Waals surface area contributed by atoms with Crippen LogP contribution in [-0.2, 0) is 0 Å². The number of carbonyl (C=O) groups excluding carboxylic acids is 1. The molecule has 0 radical (unpaired) electrons. The van der Waals surface area contributed by atoms with Crippen molar-refractivity contribution in [2.45, 2.75) is 6.92 Å². The highest BCUT2D eigenvalue weighted by Gasteiger charge is 2.13. The largest absolute Gasteiger partial charge is 0.507 e. The summed E-state index contributed by atoms with van der Waals surface area (Å²) in [4.78, 5) is 12.2. The summed E-state index contributed by atoms with van der Waals surface area (Å²) in [5, 5.41) is 9.68. The number of nitrogen functional groups attached to an aromatic ring is 1. The fourth-order valence-electron chi connectivity index (χ4n) is 1.67. The summed E-state index contributed by atoms with van der Waals surface area (Å²) in [6.45, 7) is 1.87. The van der Waals surface area contributed by atoms with E-state index in [1.165, 1.54) is 6.07 Å². The third-order valence-electron chi connectivity index (χ3n) is 2.55. The van der Waals surface area contributed by atoms with Gasteiger partial charge in [-0.15, -0.1) is 0 Å². The van der Waals surface area contributed by atoms with Gasteiger partial charge in [-0.05, 0) is 31.2 Å². The highest BCUT2D eigenvalue weighted by molar-refractivity contribution is 6.11. The van der Waals surface area contributed by atoms with E-state index in [9.17, 15) is 9.90 Å². The summed E-state index contributed by atoms with van der Waals surface area (Å²) in [6, 6.07) is 11.7. The second-order valence-electron chi connectivity index (χ2n) is 3.98. The number of carbonyl (C=O) groups is 1. The monoisotopic (exact) mass is 227 g/mol. The standard InChI is InChI=1S/C14H13NO2/c1-9-5-6-13(16)12(7-9)14(17)10-3-2-4-11(15)8-10/h2-8,16H,15H2,1H3. The zero-order valence-electron chi connectivity index (χ0n) is 9.47. The number of nitrogens with two attached hydrogens (primary N) is 1. The molecule has 0 unspecified atom stereocenters. The number of phenols is 1. The van der Waals surface area contributed by atoms with Gasteiger partial charge in [0.05, 0.1) is 5.56 Å². The van der Waals surface area contributed by atoms with E-state index in [1.54, 1.807) is 36.4 Å². The Kier molecular flexibility index (Phi) is 2.83. The molecule has 3 nitrogen and oxygen atoms in total. The molecular formula is C14H13NO2. The molecule has 2 rings (SSSR count). The van der Waals surface area contributed by atoms with E-state index >= 15 is 0 Å². The zero-order chi connectivity index (χ0) is 12.4. The molecular weight excluding hydrogens is 214 g/mol. The van der Waals surface area contributed by atoms with E-state index in [4.69, 9.17) is 5.73 Å². The maximum Gasteiger partial charge on any atom is 0.196 e. The summed E-state index contributed by atoms with van der Waals surface area (Å²) >= 11 is 0. The first-order chi connectivity index (χ1) is 8.08. The Morgan fingerprint density at radius 1 is 1.18 bits per heavy atom. The van der Waals surface area contributed by atoms with Gasteiger partial charge < -0.3 is 10.8 Å². The highest BCUT2D eigenvalue weighted by Crippen LogP contribution is 2.22. The summed E-state index contributed by atoms with van der Waals surface area (Å²) < 4.78 is 0. The maximum atomic E-state index is 12.2. The molecule has 0 heterocycles. The van der Waals surface area contributed by atoms with Gasteiger partial charge >= 0.3 is 0 Å². The smallest absolute Gasteiger partial charge is 0.196 e. The van der Waals surface area contributed by atoms with Crippen molar-refractivity contribution in [2.75, 3.05) is 5.73 Å². The van der Waals surface area contributed by atoms with Gasteiger partial charge in [-0.3, -0.25) is 4.79 Å². The van der Waals surface area contributed by atoms with Crippen LogP contribution in [0.15, 0.2) is 42.5 Å². The Balaban J connectivity index is 2.47. The average molecular weight is 227 g/mol. The van der Waals surface area contributed by atoms with Crippen LogP contribution in [0.3, 0.4) is 0 Å². The number of benzene rings is 2. The van der Waals surface area contributed by atoms with Crippen molar-refractivity contribution in [2.24, 2.45) is 0 Å². The first kappa shape index (κ1) is 11.2. The first-order valence-electron chi connectivity index (χ1n) is 5.28. The van der Waals surface area contributed by atoms with Gasteiger partial charge in [0.25, 0.3) is 0 Å². The molecule has 0 saturated heterocycles. The lowest BCUT2D eigenvalue weighted by Crippen LogP contribution is -2.02. The number of ketones is 1. The molecule has 0 aliphatic rings. The van der Waals surface area contributed by atoms with Crippen LogP contribution in [0.5, 0.6) is 5.75 Å². The number of aryl methyl sites for hydroxylation is 1. The van der Waals surface area contributed by atoms with E-state index < -0.39 is 0 Å². The van der Waals surface area contributed by atoms with Crippen molar-refractivity contribution in [1.29, 1.82) is 0 Å². The van der Waals surface area contributed by atoms with Gasteiger partial charge in [0.2, 0.25) is 0 Å². The van der Waals surface area contributed by atoms with E-state index in [0.29, 0.717) is 16.8 Å². The summed E-state index contributed by atoms with van der Waals surface area (Å²) in [5.41, 5.74) is 7.86. The van der Waals surface area contributed by atoms with Gasteiger partial charge in [-0.25, -0.2) is 0 Å². The van der Waals surface area contributed by atoms with Crippen molar-refractivity contribution in [3.8, 4) is 5.75 Å². The van der Waals surface area contributed by atoms with Crippen LogP contribution in [0.2, 0.25) is 0 Å². The van der Waals surface area contributed by atoms with E-state index in [2.05, 4.69) is 0 Å². The van der Waals surface area contributed by atoms with Crippen LogP contribution in [0.25, 0.3) is 0 Å². The maximum absolute atomic E-state index is 12.2. The molecule has 0 bridgehead atoms. The Bertz CT molecular complexity index is 576. The third-order valence-corrected chi connectivity index (χ3v) is 2.55. The SMILES string of the molecule is Cc1ccc(O)c(C(=O)c2cccc(N)c2)c1. The summed E-state index contributed by atoms with van der Waals surface area (Å²) in [6.07, 6.45) is 0. The predicted octanol–water partition coefficient (Wildman–Crippen LogP) is 2.51. The Morgan fingerprint density at radius 3 is 2.65 bits per heavy atom. The number of anilines is 1. The number of hydrogen-bond acceptors (Lipinski definition) is 3. The quantitative estimate of drug-likeness (QED) is 0.612. The Morgan fingerprint density at radius 2 is 1.94 bits per heavy atom. The minimum absolute atomic E-state index is 0.0111. The topological polar surface area (TPSA) is 63.3 Å². The third kappa shape index (κ3) is 2.28. The molecule has 3 heteroatoms. The lowest BCUT2D eigenvalue weighted by atomic mass is 10.0. The molecule has 2 aromatic rings. The lowest BCUT2D eigenvalue weighted by molar-refractivity contribution is 0.103. The van der Waals surface area contributed by atoms with E-state index in [-0.39, 0.29) is 11.5 Å². The lowest BCUT2D eigenvalue weighted by Gasteiger charge is -2.05. The number of rotatable bonds is 2. The molecule has 0 amide bonds. The van der Waals surface area contributed by atoms with Crippen LogP contribution >= 0.6 is 0 Å². The second kappa shape index (κ2) is 4.29. The van der Waals surface area contributed by atoms with Gasteiger partial charge in [0.15, 0.2) is 5.78 Å². The van der Waals surface area contributed by atoms with Gasteiger partial charge in [-0.1, -0.05) is 23.8 Å². The average Bonchev–Trinajstić information content (AvgIpc) is 2.31. The van der Waals surface area contributed by atoms with Gasteiger partial charge in [0, 0.05) is 11.3 Å². The minimum Gasteiger partial charge on any atom is -0.507 e. The van der Waals surface area contributed by atoms with Crippen LogP contribution < -0.4 is 5.73 Å². The molecule has 3 N–H and O–H groups in total. The molecule has 2 aromatic carbocycles. The fourth-order valence-corrected chi connectivity index (χ4v) is 1.67. The predicted molar refractivity (Wildman–Crippen MR) is 67.1 cm³/mol. The van der Waals surface area contributed by atoms with Crippen LogP contribution in [0.1, 0.15) is 21.5 Å². The molecule has 0 spiro atoms. The van der Waals surface area contributed by atoms with Crippen LogP contribution in [-0.4, -0.2) is 10.9 Å². The highest BCUT2D eigenvalue weighted by atomic mass is 16.3. The van der Waals surface area contributed by atoms with Crippen LogP contribution in [0.4, 0.5) is 5.69 Å². The minimum atomic E-state index is -0.224. The molecule has 0 aromatic heterocycles.